The molecule has 2 aromatic heterocycles. The maximum Gasteiger partial charge on any atom is 0.0935 e. The van der Waals surface area contributed by atoms with Gasteiger partial charge >= 0.3 is 0 Å². The van der Waals surface area contributed by atoms with Crippen LogP contribution < -0.4 is 10.2 Å². The fourth-order valence-corrected chi connectivity index (χ4v) is 3.20. The van der Waals surface area contributed by atoms with Gasteiger partial charge in [-0.05, 0) is 38.4 Å². The number of hydrogen-bond donors (Lipinski definition) is 1. The highest BCUT2D eigenvalue weighted by molar-refractivity contribution is 5.92. The van der Waals surface area contributed by atoms with E-state index in [1.807, 2.05) is 32.4 Å². The minimum absolute atomic E-state index is 0.548. The lowest BCUT2D eigenvalue weighted by molar-refractivity contribution is 0.367. The largest absolute Gasteiger partial charge is 0.368 e. The molecule has 1 N–H and O–H groups in total. The van der Waals surface area contributed by atoms with Crippen LogP contribution in [0.15, 0.2) is 24.5 Å². The summed E-state index contributed by atoms with van der Waals surface area (Å²) >= 11 is 0. The fourth-order valence-electron chi connectivity index (χ4n) is 3.20. The summed E-state index contributed by atoms with van der Waals surface area (Å²) in [7, 11) is 2.05. The molecule has 0 amide bonds. The Morgan fingerprint density at radius 2 is 2.15 bits per heavy atom. The Hall–Kier alpha value is -1.68. The monoisotopic (exact) mass is 270 g/mol. The van der Waals surface area contributed by atoms with Gasteiger partial charge in [-0.25, -0.2) is 0 Å². The van der Waals surface area contributed by atoms with Crippen molar-refractivity contribution >= 4 is 16.6 Å². The van der Waals surface area contributed by atoms with Crippen molar-refractivity contribution in [1.82, 2.24) is 15.3 Å². The topological polar surface area (TPSA) is 41.0 Å². The number of anilines is 1. The number of likely N-dealkylation sites (N-methyl/N-ethyl adjacent to an activating group) is 1. The van der Waals surface area contributed by atoms with Gasteiger partial charge in [0, 0.05) is 30.7 Å². The normalized spacial score (nSPS) is 23.2. The van der Waals surface area contributed by atoms with E-state index in [1.165, 1.54) is 17.5 Å². The third-order valence-electron chi connectivity index (χ3n) is 4.22. The smallest absolute Gasteiger partial charge is 0.0935 e. The number of nitrogens with zero attached hydrogens (tertiary/aromatic N) is 3. The molecule has 1 saturated heterocycles. The van der Waals surface area contributed by atoms with Crippen LogP contribution in [0, 0.1) is 12.8 Å². The van der Waals surface area contributed by atoms with Crippen molar-refractivity contribution in [3.05, 3.63) is 30.2 Å². The first-order valence-corrected chi connectivity index (χ1v) is 7.31. The predicted molar refractivity (Wildman–Crippen MR) is 83.1 cm³/mol. The van der Waals surface area contributed by atoms with Crippen molar-refractivity contribution in [2.45, 2.75) is 26.3 Å². The number of aromatic nitrogens is 2. The van der Waals surface area contributed by atoms with Crippen molar-refractivity contribution in [3.63, 3.8) is 0 Å². The molecule has 1 aliphatic heterocycles. The Morgan fingerprint density at radius 3 is 2.95 bits per heavy atom. The van der Waals surface area contributed by atoms with E-state index in [1.54, 1.807) is 0 Å². The predicted octanol–water partition coefficient (Wildman–Crippen LogP) is 2.37. The number of rotatable bonds is 2. The van der Waals surface area contributed by atoms with Crippen molar-refractivity contribution in [1.29, 1.82) is 0 Å². The van der Waals surface area contributed by atoms with E-state index in [9.17, 15) is 0 Å². The van der Waals surface area contributed by atoms with Gasteiger partial charge in [0.2, 0.25) is 0 Å². The second-order valence-electron chi connectivity index (χ2n) is 5.86. The molecule has 3 heterocycles. The highest BCUT2D eigenvalue weighted by atomic mass is 15.2. The molecule has 2 unspecified atom stereocenters. The Balaban J connectivity index is 2.03. The van der Waals surface area contributed by atoms with Gasteiger partial charge in [-0.15, -0.1) is 0 Å². The highest BCUT2D eigenvalue weighted by Crippen LogP contribution is 2.29. The van der Waals surface area contributed by atoms with E-state index in [-0.39, 0.29) is 0 Å². The van der Waals surface area contributed by atoms with Crippen LogP contribution in [0.2, 0.25) is 0 Å². The van der Waals surface area contributed by atoms with Gasteiger partial charge in [0.25, 0.3) is 0 Å². The first kappa shape index (κ1) is 13.3. The van der Waals surface area contributed by atoms with Crippen molar-refractivity contribution in [3.8, 4) is 0 Å². The SMILES string of the molecule is CNC1CC(C)CN(c2cnc(C)c3ncccc23)C1. The third-order valence-corrected chi connectivity index (χ3v) is 4.22. The van der Waals surface area contributed by atoms with Crippen LogP contribution in [-0.4, -0.2) is 36.1 Å². The maximum atomic E-state index is 4.53. The molecular weight excluding hydrogens is 248 g/mol. The molecule has 1 aliphatic rings. The zero-order chi connectivity index (χ0) is 14.1. The maximum absolute atomic E-state index is 4.53. The van der Waals surface area contributed by atoms with Gasteiger partial charge in [0.05, 0.1) is 23.1 Å². The zero-order valence-corrected chi connectivity index (χ0v) is 12.4. The molecule has 2 atom stereocenters. The van der Waals surface area contributed by atoms with Crippen LogP contribution >= 0.6 is 0 Å². The molecule has 4 nitrogen and oxygen atoms in total. The van der Waals surface area contributed by atoms with Gasteiger partial charge in [-0.3, -0.25) is 9.97 Å². The summed E-state index contributed by atoms with van der Waals surface area (Å²) in [6.07, 6.45) is 5.09. The Morgan fingerprint density at radius 1 is 1.30 bits per heavy atom. The molecule has 0 aliphatic carbocycles. The second-order valence-corrected chi connectivity index (χ2v) is 5.86. The molecule has 0 aromatic carbocycles. The minimum Gasteiger partial charge on any atom is -0.368 e. The molecule has 0 radical (unpaired) electrons. The second kappa shape index (κ2) is 5.37. The Bertz CT molecular complexity index is 610. The first-order valence-electron chi connectivity index (χ1n) is 7.31. The number of nitrogens with one attached hydrogen (secondary N) is 1. The van der Waals surface area contributed by atoms with Crippen LogP contribution in [0.4, 0.5) is 5.69 Å². The summed E-state index contributed by atoms with van der Waals surface area (Å²) < 4.78 is 0. The van der Waals surface area contributed by atoms with Crippen molar-refractivity contribution in [2.75, 3.05) is 25.0 Å². The standard InChI is InChI=1S/C16H22N4/c1-11-7-13(17-3)10-20(9-11)15-8-19-12(2)16-14(15)5-4-6-18-16/h4-6,8,11,13,17H,7,9-10H2,1-3H3. The average Bonchev–Trinajstić information content (AvgIpc) is 2.47. The lowest BCUT2D eigenvalue weighted by Gasteiger charge is -2.38. The van der Waals surface area contributed by atoms with Gasteiger partial charge < -0.3 is 10.2 Å². The van der Waals surface area contributed by atoms with Gasteiger partial charge in [0.1, 0.15) is 0 Å². The third kappa shape index (κ3) is 2.36. The van der Waals surface area contributed by atoms with Gasteiger partial charge in [-0.2, -0.15) is 0 Å². The highest BCUT2D eigenvalue weighted by Gasteiger charge is 2.25. The van der Waals surface area contributed by atoms with Gasteiger partial charge in [0.15, 0.2) is 0 Å². The number of fused-ring (bicyclic) bond motifs is 1. The molecule has 106 valence electrons. The first-order chi connectivity index (χ1) is 9.69. The lowest BCUT2D eigenvalue weighted by Crippen LogP contribution is -2.47. The summed E-state index contributed by atoms with van der Waals surface area (Å²) in [6, 6.07) is 4.71. The van der Waals surface area contributed by atoms with Crippen molar-refractivity contribution < 1.29 is 0 Å². The Labute approximate surface area is 120 Å². The van der Waals surface area contributed by atoms with Crippen LogP contribution in [0.1, 0.15) is 19.0 Å². The van der Waals surface area contributed by atoms with Crippen LogP contribution in [0.25, 0.3) is 10.9 Å². The van der Waals surface area contributed by atoms with Crippen LogP contribution in [-0.2, 0) is 0 Å². The number of aryl methyl sites for hydroxylation is 1. The van der Waals surface area contributed by atoms with E-state index in [4.69, 9.17) is 0 Å². The summed E-state index contributed by atoms with van der Waals surface area (Å²) in [5.41, 5.74) is 3.23. The van der Waals surface area contributed by atoms with Crippen LogP contribution in [0.5, 0.6) is 0 Å². The van der Waals surface area contributed by atoms with Gasteiger partial charge in [-0.1, -0.05) is 6.92 Å². The molecule has 2 aromatic rings. The minimum atomic E-state index is 0.548. The van der Waals surface area contributed by atoms with E-state index in [2.05, 4.69) is 33.2 Å². The molecule has 0 saturated carbocycles. The van der Waals surface area contributed by atoms with E-state index in [0.717, 1.165) is 24.3 Å². The fraction of sp³-hybridized carbons (Fsp3) is 0.500. The number of hydrogen-bond acceptors (Lipinski definition) is 4. The summed E-state index contributed by atoms with van der Waals surface area (Å²) in [5.74, 6) is 0.689. The molecule has 4 heteroatoms. The molecule has 1 fully saturated rings. The number of piperidine rings is 1. The average molecular weight is 270 g/mol. The van der Waals surface area contributed by atoms with Crippen molar-refractivity contribution in [2.24, 2.45) is 5.92 Å². The lowest BCUT2D eigenvalue weighted by atomic mass is 9.95. The number of pyridine rings is 2. The quantitative estimate of drug-likeness (QED) is 0.909. The Kier molecular flexibility index (Phi) is 3.57. The summed E-state index contributed by atoms with van der Waals surface area (Å²) in [4.78, 5) is 11.5. The molecule has 0 bridgehead atoms. The molecule has 20 heavy (non-hydrogen) atoms. The van der Waals surface area contributed by atoms with Crippen LogP contribution in [0.3, 0.4) is 0 Å². The van der Waals surface area contributed by atoms with E-state index >= 15 is 0 Å². The molecular formula is C16H22N4. The van der Waals surface area contributed by atoms with E-state index in [0.29, 0.717) is 12.0 Å². The van der Waals surface area contributed by atoms with E-state index < -0.39 is 0 Å². The molecule has 0 spiro atoms. The summed E-state index contributed by atoms with van der Waals surface area (Å²) in [5, 5.41) is 4.63. The summed E-state index contributed by atoms with van der Waals surface area (Å²) in [6.45, 7) is 6.47. The zero-order valence-electron chi connectivity index (χ0n) is 12.4. The molecule has 3 rings (SSSR count).